The van der Waals surface area contributed by atoms with E-state index in [-0.39, 0.29) is 0 Å². The summed E-state index contributed by atoms with van der Waals surface area (Å²) in [6, 6.07) is 4.03. The van der Waals surface area contributed by atoms with E-state index < -0.39 is 5.97 Å². The molecule has 0 atom stereocenters. The Labute approximate surface area is 109 Å². The van der Waals surface area contributed by atoms with Gasteiger partial charge in [0.2, 0.25) is 0 Å². The second-order valence-electron chi connectivity index (χ2n) is 4.10. The molecule has 2 rings (SSSR count). The summed E-state index contributed by atoms with van der Waals surface area (Å²) in [5.74, 6) is -0.929. The Balaban J connectivity index is 2.11. The summed E-state index contributed by atoms with van der Waals surface area (Å²) in [4.78, 5) is 11.6. The molecule has 5 heteroatoms. The van der Waals surface area contributed by atoms with Crippen molar-refractivity contribution in [3.8, 4) is 0 Å². The van der Waals surface area contributed by atoms with Crippen molar-refractivity contribution in [3.63, 3.8) is 0 Å². The van der Waals surface area contributed by atoms with E-state index in [1.165, 1.54) is 0 Å². The molecule has 0 bridgehead atoms. The van der Waals surface area contributed by atoms with Gasteiger partial charge in [0.05, 0.1) is 12.2 Å². The van der Waals surface area contributed by atoms with Gasteiger partial charge in [-0.05, 0) is 43.0 Å². The number of thiophene rings is 1. The van der Waals surface area contributed by atoms with Crippen LogP contribution in [0.4, 0.5) is 0 Å². The molecule has 0 saturated carbocycles. The van der Waals surface area contributed by atoms with Crippen molar-refractivity contribution in [1.29, 1.82) is 0 Å². The van der Waals surface area contributed by atoms with Crippen molar-refractivity contribution in [3.05, 3.63) is 45.4 Å². The molecular formula is C13H14N2O2S. The molecule has 2 aromatic heterocycles. The van der Waals surface area contributed by atoms with Crippen LogP contribution < -0.4 is 0 Å². The second-order valence-corrected chi connectivity index (χ2v) is 5.10. The van der Waals surface area contributed by atoms with Crippen LogP contribution in [0.5, 0.6) is 0 Å². The Kier molecular flexibility index (Phi) is 3.62. The first kappa shape index (κ1) is 12.6. The largest absolute Gasteiger partial charge is 0.478 e. The number of carboxylic acids is 1. The third-order valence-electron chi connectivity index (χ3n) is 2.50. The van der Waals surface area contributed by atoms with Gasteiger partial charge >= 0.3 is 5.97 Å². The molecule has 4 nitrogen and oxygen atoms in total. The van der Waals surface area contributed by atoms with Crippen LogP contribution in [-0.2, 0) is 11.3 Å². The molecule has 2 heterocycles. The number of carbonyl (C=O) groups is 1. The molecule has 0 saturated heterocycles. The maximum absolute atomic E-state index is 10.4. The zero-order valence-electron chi connectivity index (χ0n) is 10.3. The minimum Gasteiger partial charge on any atom is -0.478 e. The quantitative estimate of drug-likeness (QED) is 0.862. The van der Waals surface area contributed by atoms with Crippen LogP contribution in [0.25, 0.3) is 6.08 Å². The number of nitrogens with zero attached hydrogens (tertiary/aromatic N) is 2. The van der Waals surface area contributed by atoms with Crippen LogP contribution in [-0.4, -0.2) is 20.9 Å². The first-order valence-electron chi connectivity index (χ1n) is 5.54. The number of rotatable bonds is 4. The van der Waals surface area contributed by atoms with Crippen molar-refractivity contribution in [2.45, 2.75) is 20.4 Å². The third kappa shape index (κ3) is 3.07. The Hall–Kier alpha value is -1.88. The van der Waals surface area contributed by atoms with Gasteiger partial charge in [-0.1, -0.05) is 0 Å². The lowest BCUT2D eigenvalue weighted by Gasteiger charge is -2.00. The zero-order valence-corrected chi connectivity index (χ0v) is 11.1. The van der Waals surface area contributed by atoms with Gasteiger partial charge in [-0.15, -0.1) is 11.3 Å². The smallest absolute Gasteiger partial charge is 0.328 e. The van der Waals surface area contributed by atoms with E-state index in [0.717, 1.165) is 34.4 Å². The molecule has 0 radical (unpaired) electrons. The third-order valence-corrected chi connectivity index (χ3v) is 3.44. The average Bonchev–Trinajstić information content (AvgIpc) is 2.84. The van der Waals surface area contributed by atoms with Gasteiger partial charge in [0.15, 0.2) is 0 Å². The number of hydrogen-bond donors (Lipinski definition) is 1. The summed E-state index contributed by atoms with van der Waals surface area (Å²) < 4.78 is 1.95. The monoisotopic (exact) mass is 262 g/mol. The number of carboxylic acid groups (broad SMARTS) is 1. The molecule has 0 fully saturated rings. The molecule has 94 valence electrons. The Morgan fingerprint density at radius 3 is 2.89 bits per heavy atom. The zero-order chi connectivity index (χ0) is 13.1. The van der Waals surface area contributed by atoms with Crippen molar-refractivity contribution >= 4 is 23.4 Å². The van der Waals surface area contributed by atoms with E-state index in [4.69, 9.17) is 5.11 Å². The van der Waals surface area contributed by atoms with Gasteiger partial charge in [0.1, 0.15) is 0 Å². The summed E-state index contributed by atoms with van der Waals surface area (Å²) >= 11 is 1.61. The average molecular weight is 262 g/mol. The van der Waals surface area contributed by atoms with Crippen molar-refractivity contribution in [1.82, 2.24) is 9.78 Å². The minimum absolute atomic E-state index is 0.727. The fourth-order valence-corrected chi connectivity index (χ4v) is 2.55. The van der Waals surface area contributed by atoms with Gasteiger partial charge in [-0.25, -0.2) is 4.79 Å². The molecule has 0 aliphatic carbocycles. The highest BCUT2D eigenvalue weighted by Gasteiger charge is 2.04. The predicted molar refractivity (Wildman–Crippen MR) is 71.8 cm³/mol. The lowest BCUT2D eigenvalue weighted by molar-refractivity contribution is -0.131. The fourth-order valence-electron chi connectivity index (χ4n) is 1.72. The number of hydrogen-bond acceptors (Lipinski definition) is 3. The van der Waals surface area contributed by atoms with Crippen LogP contribution in [0.1, 0.15) is 21.8 Å². The first-order valence-corrected chi connectivity index (χ1v) is 6.42. The second kappa shape index (κ2) is 5.18. The summed E-state index contributed by atoms with van der Waals surface area (Å²) in [6.07, 6.45) is 2.75. The predicted octanol–water partition coefficient (Wildman–Crippen LogP) is 2.71. The van der Waals surface area contributed by atoms with E-state index in [1.54, 1.807) is 17.4 Å². The van der Waals surface area contributed by atoms with Gasteiger partial charge < -0.3 is 5.11 Å². The lowest BCUT2D eigenvalue weighted by Crippen LogP contribution is -2.02. The maximum atomic E-state index is 10.4. The van der Waals surface area contributed by atoms with Gasteiger partial charge in [-0.2, -0.15) is 5.10 Å². The van der Waals surface area contributed by atoms with Gasteiger partial charge in [0, 0.05) is 16.6 Å². The summed E-state index contributed by atoms with van der Waals surface area (Å²) in [7, 11) is 0. The van der Waals surface area contributed by atoms with Gasteiger partial charge in [-0.3, -0.25) is 4.68 Å². The molecule has 0 unspecified atom stereocenters. The highest BCUT2D eigenvalue weighted by Crippen LogP contribution is 2.18. The molecule has 1 N–H and O–H groups in total. The molecule has 0 aliphatic heterocycles. The summed E-state index contributed by atoms with van der Waals surface area (Å²) in [6.45, 7) is 4.73. The van der Waals surface area contributed by atoms with Crippen molar-refractivity contribution < 1.29 is 9.90 Å². The van der Waals surface area contributed by atoms with E-state index in [1.807, 2.05) is 36.0 Å². The standard InChI is InChI=1S/C13H14N2O2S/c1-9-5-10(2)15(14-9)7-12-6-11(8-18-12)3-4-13(16)17/h3-6,8H,7H2,1-2H3,(H,16,17). The lowest BCUT2D eigenvalue weighted by atomic mass is 10.3. The molecule has 0 spiro atoms. The molecule has 0 amide bonds. The fraction of sp³-hybridized carbons (Fsp3) is 0.231. The summed E-state index contributed by atoms with van der Waals surface area (Å²) in [5.41, 5.74) is 3.05. The van der Waals surface area contributed by atoms with Crippen LogP contribution in [0.3, 0.4) is 0 Å². The van der Waals surface area contributed by atoms with E-state index in [9.17, 15) is 4.79 Å². The number of aliphatic carboxylic acids is 1. The Morgan fingerprint density at radius 2 is 2.28 bits per heavy atom. The van der Waals surface area contributed by atoms with Crippen molar-refractivity contribution in [2.24, 2.45) is 0 Å². The summed E-state index contributed by atoms with van der Waals surface area (Å²) in [5, 5.41) is 14.9. The molecule has 18 heavy (non-hydrogen) atoms. The van der Waals surface area contributed by atoms with Crippen LogP contribution in [0, 0.1) is 13.8 Å². The van der Waals surface area contributed by atoms with E-state index in [2.05, 4.69) is 5.10 Å². The highest BCUT2D eigenvalue weighted by atomic mass is 32.1. The number of aryl methyl sites for hydroxylation is 2. The molecule has 0 aromatic carbocycles. The topological polar surface area (TPSA) is 55.1 Å². The molecule has 0 aliphatic rings. The van der Waals surface area contributed by atoms with Crippen LogP contribution in [0.15, 0.2) is 23.6 Å². The maximum Gasteiger partial charge on any atom is 0.328 e. The van der Waals surface area contributed by atoms with Crippen LogP contribution >= 0.6 is 11.3 Å². The minimum atomic E-state index is -0.929. The molecule has 2 aromatic rings. The van der Waals surface area contributed by atoms with Crippen molar-refractivity contribution in [2.75, 3.05) is 0 Å². The van der Waals surface area contributed by atoms with E-state index >= 15 is 0 Å². The normalized spacial score (nSPS) is 11.2. The van der Waals surface area contributed by atoms with E-state index in [0.29, 0.717) is 0 Å². The SMILES string of the molecule is Cc1cc(C)n(Cc2cc(C=CC(=O)O)cs2)n1. The van der Waals surface area contributed by atoms with Crippen LogP contribution in [0.2, 0.25) is 0 Å². The van der Waals surface area contributed by atoms with Gasteiger partial charge in [0.25, 0.3) is 0 Å². The Bertz CT molecular complexity index is 596. The number of aromatic nitrogens is 2. The molecular weight excluding hydrogens is 248 g/mol. The highest BCUT2D eigenvalue weighted by molar-refractivity contribution is 7.10. The Morgan fingerprint density at radius 1 is 1.50 bits per heavy atom. The first-order chi connectivity index (χ1) is 8.54.